The second-order valence-corrected chi connectivity index (χ2v) is 11.6. The molecule has 1 aliphatic rings. The van der Waals surface area contributed by atoms with Crippen LogP contribution in [0.15, 0.2) is 47.1 Å². The molecule has 16 heteroatoms. The maximum Gasteiger partial charge on any atom is 0.310 e. The molecule has 1 saturated heterocycles. The van der Waals surface area contributed by atoms with E-state index in [2.05, 4.69) is 24.9 Å². The van der Waals surface area contributed by atoms with Gasteiger partial charge in [0.2, 0.25) is 27.7 Å². The van der Waals surface area contributed by atoms with Gasteiger partial charge in [0.05, 0.1) is 44.4 Å². The lowest BCUT2D eigenvalue weighted by molar-refractivity contribution is -0.148. The number of methoxy groups -OCH3 is 2. The van der Waals surface area contributed by atoms with Gasteiger partial charge in [0.25, 0.3) is 0 Å². The van der Waals surface area contributed by atoms with Crippen LogP contribution in [0.25, 0.3) is 17.3 Å². The number of esters is 1. The number of hydrogen-bond acceptors (Lipinski definition) is 12. The van der Waals surface area contributed by atoms with Crippen molar-refractivity contribution in [3.63, 3.8) is 0 Å². The smallest absolute Gasteiger partial charge is 0.310 e. The molecule has 14 nitrogen and oxygen atoms in total. The molecule has 2 atom stereocenters. The fourth-order valence-electron chi connectivity index (χ4n) is 4.88. The van der Waals surface area contributed by atoms with E-state index in [1.54, 1.807) is 44.2 Å². The highest BCUT2D eigenvalue weighted by molar-refractivity contribution is 7.93. The van der Waals surface area contributed by atoms with Crippen LogP contribution in [0.4, 0.5) is 16.3 Å². The van der Waals surface area contributed by atoms with E-state index in [0.29, 0.717) is 28.7 Å². The maximum absolute atomic E-state index is 14.0. The van der Waals surface area contributed by atoms with Gasteiger partial charge in [0.1, 0.15) is 22.9 Å². The van der Waals surface area contributed by atoms with Crippen molar-refractivity contribution in [1.29, 1.82) is 0 Å². The Kier molecular flexibility index (Phi) is 8.47. The molecule has 3 aromatic heterocycles. The topological polar surface area (TPSA) is 164 Å². The lowest BCUT2D eigenvalue weighted by Crippen LogP contribution is -2.50. The Morgan fingerprint density at radius 3 is 2.40 bits per heavy atom. The number of sulfonamides is 1. The molecular formula is C27H30FN7O7S. The summed E-state index contributed by atoms with van der Waals surface area (Å²) in [6.45, 7) is 3.54. The number of hydrogen-bond donors (Lipinski definition) is 1. The van der Waals surface area contributed by atoms with E-state index in [4.69, 9.17) is 18.6 Å². The van der Waals surface area contributed by atoms with Crippen LogP contribution in [0.2, 0.25) is 0 Å². The van der Waals surface area contributed by atoms with Gasteiger partial charge in [-0.15, -0.1) is 10.2 Å². The van der Waals surface area contributed by atoms with Crippen molar-refractivity contribution in [2.75, 3.05) is 43.5 Å². The lowest BCUT2D eigenvalue weighted by Gasteiger charge is -2.36. The van der Waals surface area contributed by atoms with Gasteiger partial charge in [-0.25, -0.2) is 22.8 Å². The van der Waals surface area contributed by atoms with Crippen LogP contribution in [-0.2, 0) is 19.6 Å². The number of halogens is 1. The van der Waals surface area contributed by atoms with Crippen molar-refractivity contribution < 1.29 is 36.2 Å². The zero-order valence-electron chi connectivity index (χ0n) is 23.9. The number of aromatic nitrogens is 5. The number of rotatable bonds is 10. The summed E-state index contributed by atoms with van der Waals surface area (Å²) in [6, 6.07) is 8.50. The number of ether oxygens (including phenoxy) is 3. The van der Waals surface area contributed by atoms with Crippen LogP contribution in [0.3, 0.4) is 0 Å². The summed E-state index contributed by atoms with van der Waals surface area (Å²) in [5, 5.41) is 7.25. The second-order valence-electron chi connectivity index (χ2n) is 9.66. The van der Waals surface area contributed by atoms with Gasteiger partial charge in [-0.05, 0) is 44.5 Å². The molecule has 43 heavy (non-hydrogen) atoms. The van der Waals surface area contributed by atoms with Crippen LogP contribution in [-0.4, -0.2) is 78.3 Å². The molecule has 0 saturated carbocycles. The summed E-state index contributed by atoms with van der Waals surface area (Å²) in [5.41, 5.74) is 0.327. The molecule has 1 aliphatic heterocycles. The molecule has 228 valence electrons. The number of furan rings is 1. The molecule has 0 radical (unpaired) electrons. The van der Waals surface area contributed by atoms with Gasteiger partial charge in [0, 0.05) is 13.1 Å². The van der Waals surface area contributed by atoms with Crippen LogP contribution in [0.5, 0.6) is 11.5 Å². The molecular weight excluding hydrogens is 585 g/mol. The number of carbonyl (C=O) groups excluding carboxylic acids is 1. The first-order valence-corrected chi connectivity index (χ1v) is 14.8. The van der Waals surface area contributed by atoms with E-state index in [-0.39, 0.29) is 43.8 Å². The molecule has 1 aromatic carbocycles. The van der Waals surface area contributed by atoms with Crippen molar-refractivity contribution in [3.8, 4) is 28.8 Å². The van der Waals surface area contributed by atoms with E-state index < -0.39 is 33.0 Å². The molecule has 4 aromatic rings. The maximum atomic E-state index is 14.0. The van der Waals surface area contributed by atoms with E-state index in [1.807, 2.05) is 0 Å². The first-order valence-electron chi connectivity index (χ1n) is 13.3. The number of nitrogens with one attached hydrogen (secondary N) is 1. The third-order valence-electron chi connectivity index (χ3n) is 6.84. The molecule has 1 unspecified atom stereocenters. The zero-order chi connectivity index (χ0) is 30.7. The van der Waals surface area contributed by atoms with Gasteiger partial charge < -0.3 is 23.5 Å². The largest absolute Gasteiger partial charge is 0.494 e. The lowest BCUT2D eigenvalue weighted by atomic mass is 9.98. The van der Waals surface area contributed by atoms with Crippen LogP contribution >= 0.6 is 0 Å². The van der Waals surface area contributed by atoms with Crippen molar-refractivity contribution in [1.82, 2.24) is 24.7 Å². The van der Waals surface area contributed by atoms with Crippen molar-refractivity contribution in [2.45, 2.75) is 25.5 Å². The van der Waals surface area contributed by atoms with E-state index in [9.17, 15) is 17.6 Å². The van der Waals surface area contributed by atoms with Crippen LogP contribution in [0.1, 0.15) is 19.1 Å². The summed E-state index contributed by atoms with van der Waals surface area (Å²) in [6.07, 6.45) is 1.89. The Bertz CT molecular complexity index is 1690. The minimum atomic E-state index is -4.26. The minimum absolute atomic E-state index is 0.0534. The average Bonchev–Trinajstić information content (AvgIpc) is 3.62. The number of carbonyl (C=O) groups is 1. The van der Waals surface area contributed by atoms with E-state index >= 15 is 0 Å². The van der Waals surface area contributed by atoms with E-state index in [0.717, 1.165) is 12.4 Å². The Balaban J connectivity index is 1.57. The molecule has 5 rings (SSSR count). The summed E-state index contributed by atoms with van der Waals surface area (Å²) in [5.74, 6) is -0.317. The fourth-order valence-corrected chi connectivity index (χ4v) is 6.29. The minimum Gasteiger partial charge on any atom is -0.494 e. The Morgan fingerprint density at radius 2 is 1.79 bits per heavy atom. The number of anilines is 2. The van der Waals surface area contributed by atoms with Gasteiger partial charge >= 0.3 is 5.97 Å². The highest BCUT2D eigenvalue weighted by Gasteiger charge is 2.41. The summed E-state index contributed by atoms with van der Waals surface area (Å²) < 4.78 is 67.7. The first-order chi connectivity index (χ1) is 20.6. The molecule has 0 aliphatic carbocycles. The fraction of sp³-hybridized carbons (Fsp3) is 0.370. The molecule has 0 spiro atoms. The molecule has 0 bridgehead atoms. The number of aryl methyl sites for hydroxylation is 1. The summed E-state index contributed by atoms with van der Waals surface area (Å²) >= 11 is 0. The van der Waals surface area contributed by atoms with Crippen LogP contribution in [0, 0.1) is 18.7 Å². The number of nitrogens with zero attached hydrogens (tertiary/aromatic N) is 6. The van der Waals surface area contributed by atoms with Gasteiger partial charge in [-0.2, -0.15) is 0 Å². The van der Waals surface area contributed by atoms with E-state index in [1.165, 1.54) is 23.7 Å². The molecule has 1 fully saturated rings. The Labute approximate surface area is 246 Å². The highest BCUT2D eigenvalue weighted by atomic mass is 32.2. The predicted octanol–water partition coefficient (Wildman–Crippen LogP) is 2.98. The Morgan fingerprint density at radius 1 is 1.09 bits per heavy atom. The standard InChI is InChI=1S/C27H30FN7O7S/c1-5-41-25(36)17-11-19(15-34(14-17)26-29-12-18(28)13-30-26)43(37,38)33-27-32-31-24(22-10-9-16(2)42-22)35(27)23-20(39-3)7-6-8-21(23)40-4/h6-10,12-13,17,19H,5,11,14-15H2,1-4H3,(H,32,33)/t17-,19?/m0/s1. The average molecular weight is 616 g/mol. The summed E-state index contributed by atoms with van der Waals surface area (Å²) in [7, 11) is -1.33. The third kappa shape index (κ3) is 6.09. The number of para-hydroxylation sites is 1. The SMILES string of the molecule is CCOC(=O)[C@H]1CC(S(=O)(=O)Nc2nnc(-c3ccc(C)o3)n2-c2c(OC)cccc2OC)CN(c2ncc(F)cn2)C1. The number of benzene rings is 1. The van der Waals surface area contributed by atoms with Crippen LogP contribution < -0.4 is 19.1 Å². The predicted molar refractivity (Wildman–Crippen MR) is 152 cm³/mol. The van der Waals surface area contributed by atoms with Crippen molar-refractivity contribution in [2.24, 2.45) is 5.92 Å². The van der Waals surface area contributed by atoms with Gasteiger partial charge in [-0.1, -0.05) is 6.07 Å². The zero-order valence-corrected chi connectivity index (χ0v) is 24.7. The second kappa shape index (κ2) is 12.2. The van der Waals surface area contributed by atoms with Crippen molar-refractivity contribution >= 4 is 27.9 Å². The highest BCUT2D eigenvalue weighted by Crippen LogP contribution is 2.38. The Hall–Kier alpha value is -4.73. The summed E-state index contributed by atoms with van der Waals surface area (Å²) in [4.78, 5) is 22.2. The number of piperidine rings is 1. The third-order valence-corrected chi connectivity index (χ3v) is 8.53. The quantitative estimate of drug-likeness (QED) is 0.260. The molecule has 1 N–H and O–H groups in total. The first kappa shape index (κ1) is 29.8. The monoisotopic (exact) mass is 615 g/mol. The van der Waals surface area contributed by atoms with Gasteiger partial charge in [0.15, 0.2) is 11.6 Å². The molecule has 0 amide bonds. The normalized spacial score (nSPS) is 17.0. The van der Waals surface area contributed by atoms with Gasteiger partial charge in [-0.3, -0.25) is 14.1 Å². The van der Waals surface area contributed by atoms with Crippen molar-refractivity contribution in [3.05, 3.63) is 54.3 Å². The molecule has 4 heterocycles.